The van der Waals surface area contributed by atoms with E-state index < -0.39 is 16.2 Å². The first-order valence-electron chi connectivity index (χ1n) is 3.58. The average Bonchev–Trinajstić information content (AvgIpc) is 2.13. The van der Waals surface area contributed by atoms with Crippen LogP contribution in [-0.2, 0) is 0 Å². The molecule has 17 heavy (non-hydrogen) atoms. The molecule has 0 saturated heterocycles. The lowest BCUT2D eigenvalue weighted by atomic mass is 9.99. The van der Waals surface area contributed by atoms with Crippen LogP contribution in [-0.4, -0.2) is 16.2 Å². The van der Waals surface area contributed by atoms with E-state index in [-0.39, 0.29) is 0 Å². The van der Waals surface area contributed by atoms with Crippen molar-refractivity contribution in [1.82, 2.24) is 0 Å². The number of hydrogen-bond acceptors (Lipinski definition) is 0. The van der Waals surface area contributed by atoms with Crippen LogP contribution in [0.4, 0.5) is 0 Å². The van der Waals surface area contributed by atoms with Crippen LogP contribution in [0, 0.1) is 4.83 Å². The zero-order chi connectivity index (χ0) is 14.1. The van der Waals surface area contributed by atoms with Gasteiger partial charge in [-0.1, -0.05) is 175 Å². The second-order valence-corrected chi connectivity index (χ2v) is 21.2. The van der Waals surface area contributed by atoms with Crippen LogP contribution in [0.25, 0.3) is 0 Å². The van der Waals surface area contributed by atoms with Gasteiger partial charge in [0.05, 0.1) is 0 Å². The van der Waals surface area contributed by atoms with Gasteiger partial charge in [0, 0.05) is 0 Å². The van der Waals surface area contributed by atoms with Gasteiger partial charge in [-0.05, 0) is 0 Å². The molecule has 0 N–H and O–H groups in total. The van der Waals surface area contributed by atoms with Gasteiger partial charge >= 0.3 is 0 Å². The van der Waals surface area contributed by atoms with E-state index in [0.29, 0.717) is 0 Å². The quantitative estimate of drug-likeness (QED) is 0.215. The van der Waals surface area contributed by atoms with Gasteiger partial charge in [0.25, 0.3) is 0 Å². The molecule has 0 atom stereocenters. The maximum atomic E-state index is 3.69. The van der Waals surface area contributed by atoms with Crippen molar-refractivity contribution < 1.29 is 0 Å². The van der Waals surface area contributed by atoms with Gasteiger partial charge in [-0.3, -0.25) is 0 Å². The predicted octanol–water partition coefficient (Wildman–Crippen LogP) is 8.36. The lowest BCUT2D eigenvalue weighted by Gasteiger charge is -2.60. The molecule has 0 aliphatic heterocycles. The highest BCUT2D eigenvalue weighted by atomic mass is 79.9. The number of alkyl halides is 10. The largest absolute Gasteiger partial charge is 0.135 e. The fourth-order valence-corrected chi connectivity index (χ4v) is 12.5. The summed E-state index contributed by atoms with van der Waals surface area (Å²) in [6.07, 6.45) is 0. The van der Waals surface area contributed by atoms with Gasteiger partial charge in [0.1, 0.15) is 21.0 Å². The van der Waals surface area contributed by atoms with E-state index in [1.165, 1.54) is 0 Å². The molecule has 0 spiro atoms. The Bertz CT molecular complexity index is 299. The Morgan fingerprint density at radius 2 is 0.706 bits per heavy atom. The predicted molar refractivity (Wildman–Crippen MR) is 115 cm³/mol. The lowest BCUT2D eigenvalue weighted by molar-refractivity contribution is 0.572. The van der Waals surface area contributed by atoms with E-state index in [2.05, 4.69) is 175 Å². The summed E-state index contributed by atoms with van der Waals surface area (Å²) in [6, 6.07) is 0. The van der Waals surface area contributed by atoms with Crippen molar-refractivity contribution in [3.8, 4) is 0 Å². The first-order valence-corrected chi connectivity index (χ1v) is 12.3. The summed E-state index contributed by atoms with van der Waals surface area (Å²) in [7, 11) is 0. The van der Waals surface area contributed by atoms with E-state index in [1.54, 1.807) is 0 Å². The summed E-state index contributed by atoms with van der Waals surface area (Å²) in [5, 5.41) is 0. The molecule has 1 aliphatic carbocycles. The number of rotatable bonds is 0. The van der Waals surface area contributed by atoms with Gasteiger partial charge < -0.3 is 0 Å². The molecule has 0 aromatic rings. The molecule has 0 heterocycles. The second kappa shape index (κ2) is 5.97. The van der Waals surface area contributed by atoms with Crippen LogP contribution >= 0.6 is 175 Å². The standard InChI is InChI=1S/C6Br11/c7-1-2(8,9)4(12,13)6(16,17)5(14,15)3(1,10)11. The third kappa shape index (κ3) is 2.79. The Balaban J connectivity index is 3.56. The second-order valence-electron chi connectivity index (χ2n) is 3.19. The van der Waals surface area contributed by atoms with Crippen molar-refractivity contribution in [2.45, 2.75) is 16.2 Å². The van der Waals surface area contributed by atoms with E-state index >= 15 is 0 Å². The molecule has 1 fully saturated rings. The summed E-state index contributed by atoms with van der Waals surface area (Å²) < 4.78 is -3.05. The highest BCUT2D eigenvalue weighted by Crippen LogP contribution is 2.80. The minimum absolute atomic E-state index is 0.599. The molecule has 101 valence electrons. The maximum absolute atomic E-state index is 3.69. The normalized spacial score (nSPS) is 33.4. The van der Waals surface area contributed by atoms with Crippen molar-refractivity contribution in [3.63, 3.8) is 0 Å². The smallest absolute Gasteiger partial charge is 0.0785 e. The monoisotopic (exact) mass is 940 g/mol. The highest BCUT2D eigenvalue weighted by Gasteiger charge is 2.79. The third-order valence-corrected chi connectivity index (χ3v) is 25.1. The molecule has 0 amide bonds. The van der Waals surface area contributed by atoms with Gasteiger partial charge in [-0.15, -0.1) is 0 Å². The van der Waals surface area contributed by atoms with E-state index in [4.69, 9.17) is 0 Å². The fraction of sp³-hybridized carbons (Fsp3) is 0.833. The molecular formula is C6Br11. The first-order chi connectivity index (χ1) is 7.15. The van der Waals surface area contributed by atoms with Crippen molar-refractivity contribution in [1.29, 1.82) is 0 Å². The van der Waals surface area contributed by atoms with Crippen molar-refractivity contribution in [2.24, 2.45) is 0 Å². The first kappa shape index (κ1) is 20.3. The number of halogens is 11. The van der Waals surface area contributed by atoms with Gasteiger partial charge in [-0.2, -0.15) is 0 Å². The Labute approximate surface area is 192 Å². The van der Waals surface area contributed by atoms with Crippen molar-refractivity contribution >= 4 is 175 Å². The third-order valence-electron chi connectivity index (χ3n) is 2.13. The van der Waals surface area contributed by atoms with Crippen LogP contribution in [0.5, 0.6) is 0 Å². The Morgan fingerprint density at radius 3 is 0.941 bits per heavy atom. The van der Waals surface area contributed by atoms with Gasteiger partial charge in [0.15, 0.2) is 0 Å². The number of hydrogen-bond donors (Lipinski definition) is 0. The Kier molecular flexibility index (Phi) is 7.14. The van der Waals surface area contributed by atoms with Gasteiger partial charge in [0.2, 0.25) is 0 Å². The fourth-order valence-electron chi connectivity index (χ4n) is 1.06. The van der Waals surface area contributed by atoms with E-state index in [9.17, 15) is 0 Å². The van der Waals surface area contributed by atoms with E-state index in [1.807, 2.05) is 0 Å². The molecular weight excluding hydrogens is 951 g/mol. The van der Waals surface area contributed by atoms with E-state index in [0.717, 1.165) is 4.83 Å². The minimum Gasteiger partial charge on any atom is -0.0785 e. The molecule has 0 nitrogen and oxygen atoms in total. The molecule has 0 aromatic carbocycles. The minimum atomic E-state index is -0.628. The topological polar surface area (TPSA) is 0 Å². The highest BCUT2D eigenvalue weighted by molar-refractivity contribution is 9.36. The zero-order valence-electron chi connectivity index (χ0n) is 7.16. The Hall–Kier alpha value is 5.28. The SMILES string of the molecule is Br[C]1C(Br)(Br)C(Br)(Br)C(Br)(Br)C(Br)(Br)C1(Br)Br. The summed E-state index contributed by atoms with van der Waals surface area (Å²) in [4.78, 5) is 0.884. The molecule has 0 aromatic heterocycles. The molecule has 11 heteroatoms. The summed E-state index contributed by atoms with van der Waals surface area (Å²) in [6.45, 7) is 0. The van der Waals surface area contributed by atoms with Crippen LogP contribution < -0.4 is 0 Å². The summed E-state index contributed by atoms with van der Waals surface area (Å²) >= 11 is 40.3. The van der Waals surface area contributed by atoms with Crippen LogP contribution in [0.15, 0.2) is 0 Å². The molecule has 1 aliphatic rings. The summed E-state index contributed by atoms with van der Waals surface area (Å²) in [5.74, 6) is 0. The zero-order valence-corrected chi connectivity index (χ0v) is 24.6. The van der Waals surface area contributed by atoms with Crippen molar-refractivity contribution in [2.75, 3.05) is 0 Å². The lowest BCUT2D eigenvalue weighted by Crippen LogP contribution is -2.69. The molecule has 1 saturated carbocycles. The van der Waals surface area contributed by atoms with Crippen LogP contribution in [0.3, 0.4) is 0 Å². The summed E-state index contributed by atoms with van der Waals surface area (Å²) in [5.41, 5.74) is 0. The molecule has 1 rings (SSSR count). The molecule has 0 bridgehead atoms. The molecule has 1 radical (unpaired) electrons. The maximum Gasteiger partial charge on any atom is 0.135 e. The Morgan fingerprint density at radius 1 is 0.471 bits per heavy atom. The average molecular weight is 951 g/mol. The van der Waals surface area contributed by atoms with Crippen LogP contribution in [0.1, 0.15) is 0 Å². The van der Waals surface area contributed by atoms with Crippen LogP contribution in [0.2, 0.25) is 0 Å². The van der Waals surface area contributed by atoms with Crippen molar-refractivity contribution in [3.05, 3.63) is 4.83 Å². The molecule has 0 unspecified atom stereocenters. The van der Waals surface area contributed by atoms with Gasteiger partial charge in [-0.25, -0.2) is 0 Å².